The van der Waals surface area contributed by atoms with Crippen LogP contribution < -0.4 is 0 Å². The first-order chi connectivity index (χ1) is 10.0. The average molecular weight is 277 g/mol. The number of ketones is 1. The van der Waals surface area contributed by atoms with Crippen molar-refractivity contribution in [1.29, 1.82) is 5.26 Å². The second-order valence-electron chi connectivity index (χ2n) is 5.49. The van der Waals surface area contributed by atoms with Crippen molar-refractivity contribution in [2.24, 2.45) is 0 Å². The van der Waals surface area contributed by atoms with Crippen LogP contribution in [0.5, 0.6) is 0 Å². The van der Waals surface area contributed by atoms with Crippen LogP contribution in [-0.4, -0.2) is 5.78 Å². The van der Waals surface area contributed by atoms with Crippen LogP contribution in [0.15, 0.2) is 42.5 Å². The van der Waals surface area contributed by atoms with Crippen LogP contribution in [-0.2, 0) is 0 Å². The van der Waals surface area contributed by atoms with Gasteiger partial charge in [-0.2, -0.15) is 5.26 Å². The zero-order valence-electron chi connectivity index (χ0n) is 12.7. The van der Waals surface area contributed by atoms with Gasteiger partial charge in [-0.15, -0.1) is 0 Å². The van der Waals surface area contributed by atoms with Crippen LogP contribution in [0.3, 0.4) is 0 Å². The lowest BCUT2D eigenvalue weighted by molar-refractivity contribution is 0.0979. The summed E-state index contributed by atoms with van der Waals surface area (Å²) in [4.78, 5) is 12.3. The Labute approximate surface area is 126 Å². The molecule has 0 aromatic heterocycles. The molecule has 2 rings (SSSR count). The maximum absolute atomic E-state index is 12.3. The summed E-state index contributed by atoms with van der Waals surface area (Å²) in [5.41, 5.74) is 5.01. The fraction of sp³-hybridized carbons (Fsp3) is 0.263. The second kappa shape index (κ2) is 6.37. The van der Waals surface area contributed by atoms with E-state index in [1.165, 1.54) is 5.56 Å². The van der Waals surface area contributed by atoms with E-state index in [1.807, 2.05) is 39.0 Å². The number of nitrogens with zero attached hydrogens (tertiary/aromatic N) is 1. The molecule has 2 aromatic carbocycles. The molecular formula is C19H19NO. The molecule has 21 heavy (non-hydrogen) atoms. The number of aryl methyl sites for hydroxylation is 3. The summed E-state index contributed by atoms with van der Waals surface area (Å²) in [5, 5.41) is 9.49. The number of carbonyl (C=O) groups is 1. The quantitative estimate of drug-likeness (QED) is 0.772. The van der Waals surface area contributed by atoms with Gasteiger partial charge in [0, 0.05) is 12.0 Å². The van der Waals surface area contributed by atoms with Crippen molar-refractivity contribution in [3.05, 3.63) is 70.3 Å². The van der Waals surface area contributed by atoms with Gasteiger partial charge >= 0.3 is 0 Å². The molecular weight excluding hydrogens is 258 g/mol. The Morgan fingerprint density at radius 1 is 1.10 bits per heavy atom. The average Bonchev–Trinajstić information content (AvgIpc) is 2.45. The van der Waals surface area contributed by atoms with Gasteiger partial charge in [-0.25, -0.2) is 0 Å². The second-order valence-corrected chi connectivity index (χ2v) is 5.49. The van der Waals surface area contributed by atoms with E-state index in [0.29, 0.717) is 5.56 Å². The number of nitriles is 1. The van der Waals surface area contributed by atoms with Crippen LogP contribution >= 0.6 is 0 Å². The summed E-state index contributed by atoms with van der Waals surface area (Å²) >= 11 is 0. The molecule has 0 saturated heterocycles. The highest BCUT2D eigenvalue weighted by Gasteiger charge is 2.20. The van der Waals surface area contributed by atoms with E-state index in [2.05, 4.69) is 18.2 Å². The maximum Gasteiger partial charge on any atom is 0.164 e. The summed E-state index contributed by atoms with van der Waals surface area (Å²) in [6, 6.07) is 15.6. The van der Waals surface area contributed by atoms with Crippen LogP contribution in [0.25, 0.3) is 0 Å². The highest BCUT2D eigenvalue weighted by molar-refractivity contribution is 5.96. The summed E-state index contributed by atoms with van der Waals surface area (Å²) in [5.74, 6) is -0.375. The Balaban J connectivity index is 2.30. The fourth-order valence-electron chi connectivity index (χ4n) is 2.88. The smallest absolute Gasteiger partial charge is 0.164 e. The standard InChI is InChI=1S/C19H19NO/c1-13-9-14(2)19(15(3)10-13)17(12-20)11-18(21)16-7-5-4-6-8-16/h4-10,17H,11H2,1-3H3/t17-/m1/s1. The molecule has 0 heterocycles. The van der Waals surface area contributed by atoms with Crippen molar-refractivity contribution in [3.8, 4) is 6.07 Å². The largest absolute Gasteiger partial charge is 0.294 e. The van der Waals surface area contributed by atoms with Crippen molar-refractivity contribution in [1.82, 2.24) is 0 Å². The number of carbonyl (C=O) groups excluding carboxylic acids is 1. The molecule has 2 heteroatoms. The number of hydrogen-bond acceptors (Lipinski definition) is 2. The van der Waals surface area contributed by atoms with E-state index >= 15 is 0 Å². The van der Waals surface area contributed by atoms with Gasteiger partial charge in [0.15, 0.2) is 5.78 Å². The molecule has 0 amide bonds. The monoisotopic (exact) mass is 277 g/mol. The number of hydrogen-bond donors (Lipinski definition) is 0. The number of Topliss-reactive ketones (excluding diaryl/α,β-unsaturated/α-hetero) is 1. The Kier molecular flexibility index (Phi) is 4.55. The predicted octanol–water partition coefficient (Wildman–Crippen LogP) is 4.49. The number of rotatable bonds is 4. The molecule has 1 atom stereocenters. The third-order valence-electron chi connectivity index (χ3n) is 3.73. The minimum atomic E-state index is -0.390. The van der Waals surface area contributed by atoms with Gasteiger partial charge in [-0.3, -0.25) is 4.79 Å². The molecule has 0 fully saturated rings. The maximum atomic E-state index is 12.3. The Morgan fingerprint density at radius 2 is 1.67 bits per heavy atom. The minimum Gasteiger partial charge on any atom is -0.294 e. The first-order valence-electron chi connectivity index (χ1n) is 7.08. The van der Waals surface area contributed by atoms with Crippen LogP contribution in [0.2, 0.25) is 0 Å². The first kappa shape index (κ1) is 15.0. The van der Waals surface area contributed by atoms with E-state index in [4.69, 9.17) is 0 Å². The van der Waals surface area contributed by atoms with Crippen molar-refractivity contribution < 1.29 is 4.79 Å². The molecule has 0 saturated carbocycles. The van der Waals surface area contributed by atoms with Crippen molar-refractivity contribution in [2.75, 3.05) is 0 Å². The van der Waals surface area contributed by atoms with Crippen molar-refractivity contribution >= 4 is 5.78 Å². The highest BCUT2D eigenvalue weighted by Crippen LogP contribution is 2.28. The molecule has 0 bridgehead atoms. The van der Waals surface area contributed by atoms with Crippen LogP contribution in [0.1, 0.15) is 45.0 Å². The zero-order chi connectivity index (χ0) is 15.4. The molecule has 0 aliphatic heterocycles. The summed E-state index contributed by atoms with van der Waals surface area (Å²) in [7, 11) is 0. The Bertz CT molecular complexity index is 672. The summed E-state index contributed by atoms with van der Waals surface area (Å²) < 4.78 is 0. The summed E-state index contributed by atoms with van der Waals surface area (Å²) in [6.45, 7) is 6.06. The van der Waals surface area contributed by atoms with Crippen LogP contribution in [0, 0.1) is 32.1 Å². The van der Waals surface area contributed by atoms with Gasteiger partial charge in [0.25, 0.3) is 0 Å². The van der Waals surface area contributed by atoms with E-state index in [0.717, 1.165) is 16.7 Å². The SMILES string of the molecule is Cc1cc(C)c([C@@H](C#N)CC(=O)c2ccccc2)c(C)c1. The minimum absolute atomic E-state index is 0.0153. The lowest BCUT2D eigenvalue weighted by Gasteiger charge is -2.16. The summed E-state index contributed by atoms with van der Waals surface area (Å²) in [6.07, 6.45) is 0.227. The van der Waals surface area contributed by atoms with E-state index in [9.17, 15) is 10.1 Å². The van der Waals surface area contributed by atoms with Crippen molar-refractivity contribution in [2.45, 2.75) is 33.1 Å². The lowest BCUT2D eigenvalue weighted by atomic mass is 9.86. The van der Waals surface area contributed by atoms with Gasteiger partial charge < -0.3 is 0 Å². The van der Waals surface area contributed by atoms with Gasteiger partial charge in [-0.05, 0) is 37.5 Å². The third-order valence-corrected chi connectivity index (χ3v) is 3.73. The zero-order valence-corrected chi connectivity index (χ0v) is 12.7. The molecule has 0 unspecified atom stereocenters. The molecule has 106 valence electrons. The van der Waals surface area contributed by atoms with Gasteiger partial charge in [0.1, 0.15) is 0 Å². The topological polar surface area (TPSA) is 40.9 Å². The molecule has 0 aliphatic rings. The number of benzene rings is 2. The Morgan fingerprint density at radius 3 is 2.19 bits per heavy atom. The molecule has 2 nitrogen and oxygen atoms in total. The Hall–Kier alpha value is -2.40. The van der Waals surface area contributed by atoms with Crippen LogP contribution in [0.4, 0.5) is 0 Å². The third kappa shape index (κ3) is 3.38. The van der Waals surface area contributed by atoms with E-state index < -0.39 is 5.92 Å². The van der Waals surface area contributed by atoms with Gasteiger partial charge in [-0.1, -0.05) is 48.0 Å². The molecule has 0 aliphatic carbocycles. The predicted molar refractivity (Wildman–Crippen MR) is 84.4 cm³/mol. The van der Waals surface area contributed by atoms with Gasteiger partial charge in [0.05, 0.1) is 12.0 Å². The first-order valence-corrected chi connectivity index (χ1v) is 7.08. The lowest BCUT2D eigenvalue weighted by Crippen LogP contribution is -2.09. The van der Waals surface area contributed by atoms with E-state index in [1.54, 1.807) is 12.1 Å². The fourth-order valence-corrected chi connectivity index (χ4v) is 2.88. The molecule has 0 spiro atoms. The molecule has 0 N–H and O–H groups in total. The normalized spacial score (nSPS) is 11.7. The van der Waals surface area contributed by atoms with Crippen molar-refractivity contribution in [3.63, 3.8) is 0 Å². The molecule has 0 radical (unpaired) electrons. The molecule has 2 aromatic rings. The van der Waals surface area contributed by atoms with Gasteiger partial charge in [0.2, 0.25) is 0 Å². The van der Waals surface area contributed by atoms with E-state index in [-0.39, 0.29) is 12.2 Å². The highest BCUT2D eigenvalue weighted by atomic mass is 16.1.